The number of rotatable bonds is 10. The predicted octanol–water partition coefficient (Wildman–Crippen LogP) is 1.80. The zero-order valence-corrected chi connectivity index (χ0v) is 8.91. The fraction of sp³-hybridized carbons (Fsp3) is 0.636. The molecule has 0 saturated carbocycles. The van der Waals surface area contributed by atoms with Crippen LogP contribution in [-0.4, -0.2) is 39.1 Å². The maximum Gasteiger partial charge on any atom is 0.0784 e. The van der Waals surface area contributed by atoms with Crippen molar-refractivity contribution in [3.8, 4) is 0 Å². The number of hydrogen-bond acceptors (Lipinski definition) is 3. The van der Waals surface area contributed by atoms with Crippen LogP contribution in [-0.2, 0) is 14.2 Å². The summed E-state index contributed by atoms with van der Waals surface area (Å²) in [4.78, 5) is 0. The van der Waals surface area contributed by atoms with Crippen molar-refractivity contribution in [3.63, 3.8) is 0 Å². The normalized spacial score (nSPS) is 12.4. The molecule has 0 aliphatic heterocycles. The van der Waals surface area contributed by atoms with E-state index in [2.05, 4.69) is 13.2 Å². The molecular formula is C11H20O3. The first-order chi connectivity index (χ1) is 6.81. The molecule has 0 aliphatic rings. The van der Waals surface area contributed by atoms with Crippen LogP contribution in [0.25, 0.3) is 0 Å². The minimum absolute atomic E-state index is 0.104. The average molecular weight is 200 g/mol. The first-order valence-corrected chi connectivity index (χ1v) is 4.80. The molecule has 0 aliphatic carbocycles. The third-order valence-electron chi connectivity index (χ3n) is 1.46. The largest absolute Gasteiger partial charge is 0.376 e. The lowest BCUT2D eigenvalue weighted by Gasteiger charge is -2.11. The lowest BCUT2D eigenvalue weighted by molar-refractivity contribution is -0.0127. The van der Waals surface area contributed by atoms with E-state index in [1.165, 1.54) is 0 Å². The maximum atomic E-state index is 5.32. The van der Waals surface area contributed by atoms with E-state index in [0.29, 0.717) is 33.0 Å². The van der Waals surface area contributed by atoms with E-state index in [-0.39, 0.29) is 6.10 Å². The summed E-state index contributed by atoms with van der Waals surface area (Å²) in [5.41, 5.74) is 0. The van der Waals surface area contributed by atoms with Crippen LogP contribution in [0.15, 0.2) is 25.3 Å². The third-order valence-corrected chi connectivity index (χ3v) is 1.46. The quantitative estimate of drug-likeness (QED) is 0.397. The van der Waals surface area contributed by atoms with Crippen LogP contribution in [0.4, 0.5) is 0 Å². The Kier molecular flexibility index (Phi) is 9.96. The molecule has 0 radical (unpaired) electrons. The standard InChI is InChI=1S/C11H20O3/c1-4-6-12-8-9-13-10-11(3)14-7-5-2/h4-5,11H,1-2,6-10H2,3H3. The minimum atomic E-state index is 0.104. The molecule has 0 fully saturated rings. The summed E-state index contributed by atoms with van der Waals surface area (Å²) in [5.74, 6) is 0. The Morgan fingerprint density at radius 1 is 1.07 bits per heavy atom. The second-order valence-corrected chi connectivity index (χ2v) is 2.87. The van der Waals surface area contributed by atoms with Gasteiger partial charge in [0.1, 0.15) is 0 Å². The molecule has 1 atom stereocenters. The molecule has 0 aromatic heterocycles. The zero-order chi connectivity index (χ0) is 10.6. The molecule has 0 aromatic rings. The summed E-state index contributed by atoms with van der Waals surface area (Å²) >= 11 is 0. The lowest BCUT2D eigenvalue weighted by Crippen LogP contribution is -2.17. The van der Waals surface area contributed by atoms with Gasteiger partial charge in [0.25, 0.3) is 0 Å². The molecule has 14 heavy (non-hydrogen) atoms. The molecule has 0 N–H and O–H groups in total. The van der Waals surface area contributed by atoms with Crippen LogP contribution in [0.5, 0.6) is 0 Å². The van der Waals surface area contributed by atoms with Gasteiger partial charge in [-0.3, -0.25) is 0 Å². The van der Waals surface area contributed by atoms with E-state index >= 15 is 0 Å². The van der Waals surface area contributed by atoms with E-state index < -0.39 is 0 Å². The van der Waals surface area contributed by atoms with Crippen LogP contribution in [0.2, 0.25) is 0 Å². The SMILES string of the molecule is C=CCOCCOCC(C)OCC=C. The van der Waals surface area contributed by atoms with Crippen molar-refractivity contribution in [1.29, 1.82) is 0 Å². The highest BCUT2D eigenvalue weighted by atomic mass is 16.5. The Bertz CT molecular complexity index is 145. The van der Waals surface area contributed by atoms with E-state index in [9.17, 15) is 0 Å². The molecule has 0 saturated heterocycles. The van der Waals surface area contributed by atoms with Gasteiger partial charge in [0.2, 0.25) is 0 Å². The smallest absolute Gasteiger partial charge is 0.0784 e. The molecule has 0 spiro atoms. The van der Waals surface area contributed by atoms with Crippen molar-refractivity contribution in [2.75, 3.05) is 33.0 Å². The summed E-state index contributed by atoms with van der Waals surface area (Å²) in [6, 6.07) is 0. The van der Waals surface area contributed by atoms with Crippen molar-refractivity contribution < 1.29 is 14.2 Å². The van der Waals surface area contributed by atoms with E-state index in [4.69, 9.17) is 14.2 Å². The fourth-order valence-corrected chi connectivity index (χ4v) is 0.814. The van der Waals surface area contributed by atoms with E-state index in [0.717, 1.165) is 0 Å². The highest BCUT2D eigenvalue weighted by molar-refractivity contribution is 4.65. The van der Waals surface area contributed by atoms with Gasteiger partial charge in [-0.05, 0) is 6.92 Å². The van der Waals surface area contributed by atoms with Gasteiger partial charge >= 0.3 is 0 Å². The molecule has 0 bridgehead atoms. The van der Waals surface area contributed by atoms with Crippen LogP contribution in [0.3, 0.4) is 0 Å². The van der Waals surface area contributed by atoms with Gasteiger partial charge in [0.15, 0.2) is 0 Å². The molecule has 0 heterocycles. The van der Waals surface area contributed by atoms with Crippen LogP contribution < -0.4 is 0 Å². The molecule has 0 aromatic carbocycles. The van der Waals surface area contributed by atoms with Gasteiger partial charge in [-0.15, -0.1) is 13.2 Å². The molecule has 3 nitrogen and oxygen atoms in total. The zero-order valence-electron chi connectivity index (χ0n) is 8.91. The first kappa shape index (κ1) is 13.4. The van der Waals surface area contributed by atoms with E-state index in [1.54, 1.807) is 12.2 Å². The Hall–Kier alpha value is -0.640. The van der Waals surface area contributed by atoms with Crippen molar-refractivity contribution in [2.24, 2.45) is 0 Å². The Balaban J connectivity index is 3.09. The average Bonchev–Trinajstić information content (AvgIpc) is 2.20. The van der Waals surface area contributed by atoms with Gasteiger partial charge in [0, 0.05) is 0 Å². The minimum Gasteiger partial charge on any atom is -0.376 e. The summed E-state index contributed by atoms with van der Waals surface area (Å²) in [6.07, 6.45) is 3.55. The second-order valence-electron chi connectivity index (χ2n) is 2.87. The summed E-state index contributed by atoms with van der Waals surface area (Å²) in [7, 11) is 0. The molecule has 3 heteroatoms. The first-order valence-electron chi connectivity index (χ1n) is 4.80. The number of ether oxygens (including phenoxy) is 3. The highest BCUT2D eigenvalue weighted by Gasteiger charge is 1.99. The van der Waals surface area contributed by atoms with Gasteiger partial charge in [0.05, 0.1) is 39.1 Å². The highest BCUT2D eigenvalue weighted by Crippen LogP contribution is 1.92. The Morgan fingerprint density at radius 3 is 2.36 bits per heavy atom. The maximum absolute atomic E-state index is 5.32. The van der Waals surface area contributed by atoms with Crippen LogP contribution >= 0.6 is 0 Å². The molecule has 0 amide bonds. The predicted molar refractivity (Wildman–Crippen MR) is 57.4 cm³/mol. The van der Waals surface area contributed by atoms with Crippen LogP contribution in [0.1, 0.15) is 6.92 Å². The number of hydrogen-bond donors (Lipinski definition) is 0. The van der Waals surface area contributed by atoms with Gasteiger partial charge < -0.3 is 14.2 Å². The van der Waals surface area contributed by atoms with Crippen molar-refractivity contribution in [1.82, 2.24) is 0 Å². The molecule has 1 unspecified atom stereocenters. The van der Waals surface area contributed by atoms with Crippen LogP contribution in [0, 0.1) is 0 Å². The molecule has 82 valence electrons. The molecule has 0 rings (SSSR count). The summed E-state index contributed by atoms with van der Waals surface area (Å²) in [6.45, 7) is 12.0. The second kappa shape index (κ2) is 10.4. The van der Waals surface area contributed by atoms with Gasteiger partial charge in [-0.2, -0.15) is 0 Å². The fourth-order valence-electron chi connectivity index (χ4n) is 0.814. The van der Waals surface area contributed by atoms with Crippen molar-refractivity contribution in [2.45, 2.75) is 13.0 Å². The Morgan fingerprint density at radius 2 is 1.71 bits per heavy atom. The lowest BCUT2D eigenvalue weighted by atomic mass is 10.4. The Labute approximate surface area is 86.4 Å². The van der Waals surface area contributed by atoms with Crippen molar-refractivity contribution in [3.05, 3.63) is 25.3 Å². The van der Waals surface area contributed by atoms with Crippen molar-refractivity contribution >= 4 is 0 Å². The van der Waals surface area contributed by atoms with E-state index in [1.807, 2.05) is 6.92 Å². The summed E-state index contributed by atoms with van der Waals surface area (Å²) < 4.78 is 15.8. The van der Waals surface area contributed by atoms with Gasteiger partial charge in [-0.25, -0.2) is 0 Å². The third kappa shape index (κ3) is 9.45. The monoisotopic (exact) mass is 200 g/mol. The van der Waals surface area contributed by atoms with Gasteiger partial charge in [-0.1, -0.05) is 12.2 Å². The summed E-state index contributed by atoms with van der Waals surface area (Å²) in [5, 5.41) is 0. The topological polar surface area (TPSA) is 27.7 Å². The molecular weight excluding hydrogens is 180 g/mol.